The van der Waals surface area contributed by atoms with Gasteiger partial charge >= 0.3 is 6.18 Å². The molecule has 1 aromatic heterocycles. The van der Waals surface area contributed by atoms with Crippen molar-refractivity contribution in [1.29, 1.82) is 0 Å². The highest BCUT2D eigenvalue weighted by atomic mass is 79.9. The van der Waals surface area contributed by atoms with E-state index in [-0.39, 0.29) is 11.9 Å². The lowest BCUT2D eigenvalue weighted by atomic mass is 9.78. The predicted octanol–water partition coefficient (Wildman–Crippen LogP) is 5.49. The molecule has 0 amide bonds. The molecular weight excluding hydrogens is 345 g/mol. The van der Waals surface area contributed by atoms with Crippen molar-refractivity contribution in [3.63, 3.8) is 0 Å². The van der Waals surface area contributed by atoms with Crippen LogP contribution >= 0.6 is 15.9 Å². The molecule has 0 aromatic carbocycles. The molecule has 0 aliphatic heterocycles. The van der Waals surface area contributed by atoms with E-state index in [1.54, 1.807) is 0 Å². The van der Waals surface area contributed by atoms with Crippen molar-refractivity contribution in [3.05, 3.63) is 22.3 Å². The van der Waals surface area contributed by atoms with Crippen molar-refractivity contribution in [2.45, 2.75) is 51.7 Å². The van der Waals surface area contributed by atoms with Crippen LogP contribution in [0.25, 0.3) is 0 Å². The maximum absolute atomic E-state index is 13.1. The van der Waals surface area contributed by atoms with E-state index < -0.39 is 11.7 Å². The monoisotopic (exact) mass is 364 g/mol. The van der Waals surface area contributed by atoms with Gasteiger partial charge in [-0.15, -0.1) is 0 Å². The molecule has 1 aliphatic rings. The van der Waals surface area contributed by atoms with Crippen molar-refractivity contribution >= 4 is 21.7 Å². The summed E-state index contributed by atoms with van der Waals surface area (Å²) in [5.74, 6) is 0.793. The highest BCUT2D eigenvalue weighted by Gasteiger charge is 2.36. The number of aromatic nitrogens is 1. The molecule has 0 spiro atoms. The number of nitrogens with zero attached hydrogens (tertiary/aromatic N) is 1. The van der Waals surface area contributed by atoms with E-state index in [9.17, 15) is 13.2 Å². The van der Waals surface area contributed by atoms with Gasteiger partial charge in [-0.1, -0.05) is 26.7 Å². The SMILES string of the molecule is CC(C)C1CCCCC1Nc1ncc(Br)cc1C(F)(F)F. The first kappa shape index (κ1) is 16.6. The van der Waals surface area contributed by atoms with Gasteiger partial charge in [0.1, 0.15) is 5.82 Å². The Kier molecular flexibility index (Phi) is 5.17. The first-order valence-electron chi connectivity index (χ1n) is 7.28. The fraction of sp³-hybridized carbons (Fsp3) is 0.667. The maximum Gasteiger partial charge on any atom is 0.419 e. The van der Waals surface area contributed by atoms with Crippen LogP contribution in [-0.2, 0) is 6.18 Å². The Hall–Kier alpha value is -0.780. The molecule has 1 saturated carbocycles. The summed E-state index contributed by atoms with van der Waals surface area (Å²) >= 11 is 3.06. The number of halogens is 4. The molecule has 2 atom stereocenters. The minimum atomic E-state index is -4.40. The first-order chi connectivity index (χ1) is 9.79. The van der Waals surface area contributed by atoms with Crippen molar-refractivity contribution in [1.82, 2.24) is 4.98 Å². The van der Waals surface area contributed by atoms with Crippen molar-refractivity contribution in [2.24, 2.45) is 11.8 Å². The molecule has 1 aliphatic carbocycles. The molecule has 21 heavy (non-hydrogen) atoms. The lowest BCUT2D eigenvalue weighted by molar-refractivity contribution is -0.137. The van der Waals surface area contributed by atoms with Gasteiger partial charge < -0.3 is 5.32 Å². The van der Waals surface area contributed by atoms with Crippen LogP contribution in [0, 0.1) is 11.8 Å². The molecular formula is C15H20BrF3N2. The lowest BCUT2D eigenvalue weighted by Gasteiger charge is -2.35. The summed E-state index contributed by atoms with van der Waals surface area (Å²) in [6.07, 6.45) is 1.18. The molecule has 1 fully saturated rings. The molecule has 1 aromatic rings. The third-order valence-electron chi connectivity index (χ3n) is 4.16. The van der Waals surface area contributed by atoms with E-state index in [4.69, 9.17) is 0 Å². The Morgan fingerprint density at radius 2 is 1.95 bits per heavy atom. The van der Waals surface area contributed by atoms with Crippen LogP contribution < -0.4 is 5.32 Å². The summed E-state index contributed by atoms with van der Waals surface area (Å²) in [6.45, 7) is 4.26. The van der Waals surface area contributed by atoms with Crippen LogP contribution in [0.3, 0.4) is 0 Å². The van der Waals surface area contributed by atoms with Crippen LogP contribution in [0.15, 0.2) is 16.7 Å². The second-order valence-electron chi connectivity index (χ2n) is 5.99. The summed E-state index contributed by atoms with van der Waals surface area (Å²) in [7, 11) is 0. The van der Waals surface area contributed by atoms with Crippen molar-refractivity contribution in [2.75, 3.05) is 5.32 Å². The number of rotatable bonds is 3. The largest absolute Gasteiger partial charge is 0.419 e. The van der Waals surface area contributed by atoms with E-state index in [2.05, 4.69) is 40.1 Å². The quantitative estimate of drug-likeness (QED) is 0.766. The molecule has 6 heteroatoms. The third-order valence-corrected chi connectivity index (χ3v) is 4.59. The summed E-state index contributed by atoms with van der Waals surface area (Å²) in [4.78, 5) is 3.95. The zero-order valence-corrected chi connectivity index (χ0v) is 13.8. The summed E-state index contributed by atoms with van der Waals surface area (Å²) in [6, 6.07) is 1.15. The molecule has 0 saturated heterocycles. The third kappa shape index (κ3) is 4.11. The van der Waals surface area contributed by atoms with E-state index >= 15 is 0 Å². The second-order valence-corrected chi connectivity index (χ2v) is 6.91. The van der Waals surface area contributed by atoms with Gasteiger partial charge in [0.2, 0.25) is 0 Å². The van der Waals surface area contributed by atoms with Gasteiger partial charge in [-0.05, 0) is 46.7 Å². The first-order valence-corrected chi connectivity index (χ1v) is 8.07. The highest BCUT2D eigenvalue weighted by molar-refractivity contribution is 9.10. The van der Waals surface area contributed by atoms with Crippen LogP contribution in [0.4, 0.5) is 19.0 Å². The Balaban J connectivity index is 2.26. The van der Waals surface area contributed by atoms with Crippen LogP contribution in [0.2, 0.25) is 0 Å². The number of nitrogens with one attached hydrogen (secondary N) is 1. The predicted molar refractivity (Wildman–Crippen MR) is 81.1 cm³/mol. The molecule has 2 nitrogen and oxygen atoms in total. The van der Waals surface area contributed by atoms with E-state index in [1.165, 1.54) is 6.20 Å². The minimum Gasteiger partial charge on any atom is -0.367 e. The number of hydrogen-bond donors (Lipinski definition) is 1. The Bertz CT molecular complexity index is 488. The van der Waals surface area contributed by atoms with E-state index in [0.29, 0.717) is 16.3 Å². The summed E-state index contributed by atoms with van der Waals surface area (Å²) in [5.41, 5.74) is -0.704. The molecule has 2 unspecified atom stereocenters. The Morgan fingerprint density at radius 3 is 2.57 bits per heavy atom. The zero-order valence-electron chi connectivity index (χ0n) is 12.2. The molecule has 1 N–H and O–H groups in total. The summed E-state index contributed by atoms with van der Waals surface area (Å²) in [5, 5.41) is 3.06. The fourth-order valence-corrected chi connectivity index (χ4v) is 3.41. The van der Waals surface area contributed by atoms with Gasteiger partial charge in [0.15, 0.2) is 0 Å². The number of alkyl halides is 3. The van der Waals surface area contributed by atoms with E-state index in [0.717, 1.165) is 31.7 Å². The smallest absolute Gasteiger partial charge is 0.367 e. The van der Waals surface area contributed by atoms with Gasteiger partial charge in [-0.3, -0.25) is 0 Å². The topological polar surface area (TPSA) is 24.9 Å². The normalized spacial score (nSPS) is 23.4. The highest BCUT2D eigenvalue weighted by Crippen LogP contribution is 2.38. The van der Waals surface area contributed by atoms with Gasteiger partial charge in [0.05, 0.1) is 5.56 Å². The minimum absolute atomic E-state index is 0.0525. The molecule has 2 rings (SSSR count). The second kappa shape index (κ2) is 6.55. The van der Waals surface area contributed by atoms with Gasteiger partial charge in [0, 0.05) is 16.7 Å². The van der Waals surface area contributed by atoms with Gasteiger partial charge in [-0.25, -0.2) is 4.98 Å². The van der Waals surface area contributed by atoms with E-state index in [1.807, 2.05) is 0 Å². The number of pyridine rings is 1. The Labute approximate surface area is 131 Å². The molecule has 0 radical (unpaired) electrons. The summed E-state index contributed by atoms with van der Waals surface area (Å²) < 4.78 is 39.7. The average Bonchev–Trinajstić information content (AvgIpc) is 2.40. The lowest BCUT2D eigenvalue weighted by Crippen LogP contribution is -2.36. The van der Waals surface area contributed by atoms with Crippen LogP contribution in [-0.4, -0.2) is 11.0 Å². The average molecular weight is 365 g/mol. The standard InChI is InChI=1S/C15H20BrF3N2/c1-9(2)11-5-3-4-6-13(11)21-14-12(15(17,18)19)7-10(16)8-20-14/h7-9,11,13H,3-6H2,1-2H3,(H,20,21). The molecule has 0 bridgehead atoms. The van der Waals surface area contributed by atoms with Crippen LogP contribution in [0.5, 0.6) is 0 Å². The van der Waals surface area contributed by atoms with Gasteiger partial charge in [0.25, 0.3) is 0 Å². The zero-order chi connectivity index (χ0) is 15.6. The van der Waals surface area contributed by atoms with Gasteiger partial charge in [-0.2, -0.15) is 13.2 Å². The Morgan fingerprint density at radius 1 is 1.29 bits per heavy atom. The number of hydrogen-bond acceptors (Lipinski definition) is 2. The number of anilines is 1. The van der Waals surface area contributed by atoms with Crippen LogP contribution in [0.1, 0.15) is 45.1 Å². The molecule has 1 heterocycles. The molecule has 118 valence electrons. The fourth-order valence-electron chi connectivity index (χ4n) is 3.08. The van der Waals surface area contributed by atoms with Crippen molar-refractivity contribution in [3.8, 4) is 0 Å². The van der Waals surface area contributed by atoms with Crippen molar-refractivity contribution < 1.29 is 13.2 Å². The maximum atomic E-state index is 13.1.